The molecule has 0 saturated heterocycles. The van der Waals surface area contributed by atoms with Crippen LogP contribution in [0.4, 0.5) is 0 Å². The van der Waals surface area contributed by atoms with Crippen LogP contribution in [0, 0.1) is 0 Å². The molecule has 0 atom stereocenters. The summed E-state index contributed by atoms with van der Waals surface area (Å²) in [5.41, 5.74) is 0. The molecule has 0 fully saturated rings. The van der Waals surface area contributed by atoms with Gasteiger partial charge in [-0.3, -0.25) is 0 Å². The third-order valence-electron chi connectivity index (χ3n) is 2.57. The highest BCUT2D eigenvalue weighted by Crippen LogP contribution is 2.57. The minimum Gasteiger partial charge on any atom is -0.0889 e. The number of rotatable bonds is 5. The Bertz CT molecular complexity index is 71.1. The van der Waals surface area contributed by atoms with Crippen molar-refractivity contribution >= 4 is 23.2 Å². The van der Waals surface area contributed by atoms with E-state index in [0.29, 0.717) is 0 Å². The SMILES string of the molecule is CC[P+](CC)(CC)CCBr. The maximum absolute atomic E-state index is 3.54. The number of hydrogen-bond acceptors (Lipinski definition) is 0. The van der Waals surface area contributed by atoms with Crippen molar-refractivity contribution in [3.05, 3.63) is 0 Å². The number of alkyl halides is 1. The Kier molecular flexibility index (Phi) is 6.05. The van der Waals surface area contributed by atoms with Gasteiger partial charge in [-0.1, -0.05) is 15.9 Å². The quantitative estimate of drug-likeness (QED) is 0.497. The van der Waals surface area contributed by atoms with Gasteiger partial charge in [0, 0.05) is 12.6 Å². The van der Waals surface area contributed by atoms with E-state index in [9.17, 15) is 0 Å². The molecule has 0 aromatic carbocycles. The third-order valence-corrected chi connectivity index (χ3v) is 8.78. The van der Waals surface area contributed by atoms with E-state index in [4.69, 9.17) is 0 Å². The Labute approximate surface area is 74.2 Å². The van der Waals surface area contributed by atoms with E-state index in [1.54, 1.807) is 0 Å². The van der Waals surface area contributed by atoms with Crippen LogP contribution in [0.1, 0.15) is 20.8 Å². The highest BCUT2D eigenvalue weighted by molar-refractivity contribution is 9.09. The van der Waals surface area contributed by atoms with Gasteiger partial charge in [-0.15, -0.1) is 0 Å². The predicted molar refractivity (Wildman–Crippen MR) is 57.2 cm³/mol. The highest BCUT2D eigenvalue weighted by atomic mass is 79.9. The van der Waals surface area contributed by atoms with E-state index in [0.717, 1.165) is 0 Å². The molecule has 0 rings (SSSR count). The van der Waals surface area contributed by atoms with Gasteiger partial charge in [-0.2, -0.15) is 0 Å². The van der Waals surface area contributed by atoms with Crippen LogP contribution in [0.25, 0.3) is 0 Å². The van der Waals surface area contributed by atoms with Crippen LogP contribution in [0.5, 0.6) is 0 Å². The summed E-state index contributed by atoms with van der Waals surface area (Å²) in [5.74, 6) is 0. The van der Waals surface area contributed by atoms with Gasteiger partial charge in [-0.25, -0.2) is 0 Å². The summed E-state index contributed by atoms with van der Waals surface area (Å²) in [4.78, 5) is 0. The fourth-order valence-electron chi connectivity index (χ4n) is 1.32. The van der Waals surface area contributed by atoms with Crippen molar-refractivity contribution in [1.29, 1.82) is 0 Å². The lowest BCUT2D eigenvalue weighted by atomic mass is 10.9. The van der Waals surface area contributed by atoms with Gasteiger partial charge in [0.25, 0.3) is 0 Å². The van der Waals surface area contributed by atoms with Gasteiger partial charge in [-0.05, 0) is 20.8 Å². The third kappa shape index (κ3) is 2.88. The van der Waals surface area contributed by atoms with Crippen LogP contribution in [-0.2, 0) is 0 Å². The lowest BCUT2D eigenvalue weighted by Gasteiger charge is -2.22. The molecule has 2 heteroatoms. The lowest BCUT2D eigenvalue weighted by molar-refractivity contribution is 1.26. The summed E-state index contributed by atoms with van der Waals surface area (Å²) in [6.07, 6.45) is 5.75. The topological polar surface area (TPSA) is 0 Å². The minimum absolute atomic E-state index is 0.486. The highest BCUT2D eigenvalue weighted by Gasteiger charge is 2.29. The molecule has 0 unspecified atom stereocenters. The van der Waals surface area contributed by atoms with Crippen LogP contribution in [0.2, 0.25) is 0 Å². The van der Waals surface area contributed by atoms with Crippen LogP contribution in [0.15, 0.2) is 0 Å². The Morgan fingerprint density at radius 1 is 1.00 bits per heavy atom. The van der Waals surface area contributed by atoms with Crippen LogP contribution in [0.3, 0.4) is 0 Å². The molecule has 62 valence electrons. The molecule has 0 aliphatic rings. The molecule has 0 amide bonds. The predicted octanol–water partition coefficient (Wildman–Crippen LogP) is 3.46. The van der Waals surface area contributed by atoms with E-state index < -0.39 is 7.26 Å². The first-order valence-electron chi connectivity index (χ1n) is 4.15. The largest absolute Gasteiger partial charge is 0.0889 e. The van der Waals surface area contributed by atoms with Gasteiger partial charge in [0.15, 0.2) is 0 Å². The summed E-state index contributed by atoms with van der Waals surface area (Å²) >= 11 is 3.54. The van der Waals surface area contributed by atoms with Crippen molar-refractivity contribution in [2.45, 2.75) is 20.8 Å². The smallest absolute Gasteiger partial charge is 0.0690 e. The van der Waals surface area contributed by atoms with Crippen molar-refractivity contribution in [2.75, 3.05) is 30.0 Å². The zero-order valence-electron chi connectivity index (χ0n) is 7.36. The van der Waals surface area contributed by atoms with Crippen molar-refractivity contribution in [1.82, 2.24) is 0 Å². The van der Waals surface area contributed by atoms with E-state index in [-0.39, 0.29) is 0 Å². The Morgan fingerprint density at radius 2 is 1.40 bits per heavy atom. The standard InChI is InChI=1S/C8H19BrP/c1-4-10(5-2,6-3)8-7-9/h4-8H2,1-3H3/q+1. The second-order valence-electron chi connectivity index (χ2n) is 2.70. The molecule has 0 saturated carbocycles. The first-order valence-corrected chi connectivity index (χ1v) is 7.80. The van der Waals surface area contributed by atoms with Crippen molar-refractivity contribution < 1.29 is 0 Å². The van der Waals surface area contributed by atoms with Gasteiger partial charge in [0.2, 0.25) is 0 Å². The van der Waals surface area contributed by atoms with Gasteiger partial charge >= 0.3 is 0 Å². The maximum Gasteiger partial charge on any atom is 0.0690 e. The summed E-state index contributed by atoms with van der Waals surface area (Å²) < 4.78 is 0. The van der Waals surface area contributed by atoms with Gasteiger partial charge in [0.1, 0.15) is 0 Å². The van der Waals surface area contributed by atoms with Crippen LogP contribution < -0.4 is 0 Å². The molecular weight excluding hydrogens is 207 g/mol. The van der Waals surface area contributed by atoms with E-state index in [1.165, 1.54) is 30.0 Å². The average molecular weight is 226 g/mol. The fourth-order valence-corrected chi connectivity index (χ4v) is 6.23. The van der Waals surface area contributed by atoms with Gasteiger partial charge in [0.05, 0.1) is 24.6 Å². The van der Waals surface area contributed by atoms with Crippen LogP contribution in [-0.4, -0.2) is 30.0 Å². The Balaban J connectivity index is 3.87. The molecule has 10 heavy (non-hydrogen) atoms. The minimum atomic E-state index is -0.486. The molecule has 0 aliphatic heterocycles. The first-order chi connectivity index (χ1) is 4.74. The van der Waals surface area contributed by atoms with E-state index in [1.807, 2.05) is 0 Å². The molecule has 0 heterocycles. The zero-order valence-corrected chi connectivity index (χ0v) is 9.84. The second kappa shape index (κ2) is 5.55. The normalized spacial score (nSPS) is 12.0. The molecular formula is C8H19BrP+. The average Bonchev–Trinajstić information content (AvgIpc) is 2.01. The summed E-state index contributed by atoms with van der Waals surface area (Å²) in [7, 11) is -0.486. The van der Waals surface area contributed by atoms with Gasteiger partial charge < -0.3 is 0 Å². The van der Waals surface area contributed by atoms with Crippen molar-refractivity contribution in [3.8, 4) is 0 Å². The second-order valence-corrected chi connectivity index (χ2v) is 8.52. The number of halogens is 1. The molecule has 0 radical (unpaired) electrons. The molecule has 0 aliphatic carbocycles. The summed E-state index contributed by atoms with van der Waals surface area (Å²) in [6, 6.07) is 0. The molecule has 0 N–H and O–H groups in total. The van der Waals surface area contributed by atoms with E-state index >= 15 is 0 Å². The Hall–Kier alpha value is 0.910. The molecule has 0 nitrogen and oxygen atoms in total. The lowest BCUT2D eigenvalue weighted by Crippen LogP contribution is -2.07. The van der Waals surface area contributed by atoms with Crippen LogP contribution >= 0.6 is 23.2 Å². The van der Waals surface area contributed by atoms with E-state index in [2.05, 4.69) is 36.7 Å². The molecule has 0 aromatic rings. The monoisotopic (exact) mass is 225 g/mol. The fraction of sp³-hybridized carbons (Fsp3) is 1.00. The van der Waals surface area contributed by atoms with Crippen molar-refractivity contribution in [2.24, 2.45) is 0 Å². The summed E-state index contributed by atoms with van der Waals surface area (Å²) in [6.45, 7) is 7.05. The molecule has 0 spiro atoms. The number of hydrogen-bond donors (Lipinski definition) is 0. The zero-order chi connectivity index (χ0) is 8.04. The Morgan fingerprint density at radius 3 is 1.50 bits per heavy atom. The first kappa shape index (κ1) is 10.9. The molecule has 0 bridgehead atoms. The maximum atomic E-state index is 3.54. The molecule has 0 aromatic heterocycles. The summed E-state index contributed by atoms with van der Waals surface area (Å²) in [5, 5.41) is 1.20. The van der Waals surface area contributed by atoms with Crippen molar-refractivity contribution in [3.63, 3.8) is 0 Å².